The summed E-state index contributed by atoms with van der Waals surface area (Å²) in [4.78, 5) is 4.43. The molecule has 6 heteroatoms. The van der Waals surface area contributed by atoms with Crippen LogP contribution in [0.25, 0.3) is 0 Å². The number of nitrogens with one attached hydrogen (secondary N) is 2. The summed E-state index contributed by atoms with van der Waals surface area (Å²) in [6.07, 6.45) is 3.67. The lowest BCUT2D eigenvalue weighted by atomic mass is 10.1. The van der Waals surface area contributed by atoms with Crippen LogP contribution in [0.2, 0.25) is 0 Å². The van der Waals surface area contributed by atoms with Crippen LogP contribution in [0.3, 0.4) is 0 Å². The zero-order valence-electron chi connectivity index (χ0n) is 14.1. The van der Waals surface area contributed by atoms with E-state index in [-0.39, 0.29) is 0 Å². The van der Waals surface area contributed by atoms with Crippen molar-refractivity contribution in [1.82, 2.24) is 15.2 Å². The van der Waals surface area contributed by atoms with Crippen LogP contribution in [-0.2, 0) is 6.42 Å². The number of nitrogens with zero attached hydrogens (tertiary/aromatic N) is 3. The first-order valence-electron chi connectivity index (χ1n) is 8.22. The second-order valence-electron chi connectivity index (χ2n) is 5.54. The zero-order valence-corrected chi connectivity index (χ0v) is 14.1. The topological polar surface area (TPSA) is 72.0 Å². The molecule has 0 aliphatic rings. The van der Waals surface area contributed by atoms with E-state index in [0.717, 1.165) is 30.8 Å². The van der Waals surface area contributed by atoms with Crippen molar-refractivity contribution in [1.29, 1.82) is 0 Å². The Morgan fingerprint density at radius 2 is 1.92 bits per heavy atom. The maximum Gasteiger partial charge on any atom is 0.249 e. The highest BCUT2D eigenvalue weighted by atomic mass is 16.5. The molecule has 0 bridgehead atoms. The van der Waals surface area contributed by atoms with Gasteiger partial charge in [-0.25, -0.2) is 0 Å². The number of methoxy groups -OCH3 is 1. The predicted molar refractivity (Wildman–Crippen MR) is 99.4 cm³/mol. The van der Waals surface area contributed by atoms with Crippen molar-refractivity contribution in [3.05, 3.63) is 66.4 Å². The van der Waals surface area contributed by atoms with Crippen molar-refractivity contribution >= 4 is 17.5 Å². The standard InChI is InChI=1S/C19H21N5O/c1-25-17-11-5-10-16(13-17)22-19-23-18(14-21-24-19)20-12-6-9-15-7-3-2-4-8-15/h2-5,7-8,10-11,13-14H,6,9,12H2,1H3,(H2,20,22,23,24). The molecule has 2 N–H and O–H groups in total. The summed E-state index contributed by atoms with van der Waals surface area (Å²) in [7, 11) is 1.64. The summed E-state index contributed by atoms with van der Waals surface area (Å²) in [5.74, 6) is 1.92. The third kappa shape index (κ3) is 5.17. The molecule has 0 radical (unpaired) electrons. The Morgan fingerprint density at radius 3 is 2.76 bits per heavy atom. The molecule has 0 amide bonds. The van der Waals surface area contributed by atoms with Gasteiger partial charge in [0, 0.05) is 18.3 Å². The molecule has 0 spiro atoms. The van der Waals surface area contributed by atoms with E-state index in [2.05, 4.69) is 50.1 Å². The van der Waals surface area contributed by atoms with E-state index in [1.165, 1.54) is 5.56 Å². The molecule has 25 heavy (non-hydrogen) atoms. The van der Waals surface area contributed by atoms with Crippen LogP contribution in [0.5, 0.6) is 5.75 Å². The number of hydrogen-bond acceptors (Lipinski definition) is 6. The third-order valence-corrected chi connectivity index (χ3v) is 3.68. The van der Waals surface area contributed by atoms with Gasteiger partial charge in [0.05, 0.1) is 13.3 Å². The van der Waals surface area contributed by atoms with Gasteiger partial charge in [-0.05, 0) is 30.5 Å². The van der Waals surface area contributed by atoms with Crippen molar-refractivity contribution < 1.29 is 4.74 Å². The van der Waals surface area contributed by atoms with Crippen LogP contribution in [0.15, 0.2) is 60.8 Å². The maximum absolute atomic E-state index is 5.21. The summed E-state index contributed by atoms with van der Waals surface area (Å²) < 4.78 is 5.21. The Bertz CT molecular complexity index is 795. The number of hydrogen-bond donors (Lipinski definition) is 2. The third-order valence-electron chi connectivity index (χ3n) is 3.68. The minimum absolute atomic E-state index is 0.446. The smallest absolute Gasteiger partial charge is 0.249 e. The first-order chi connectivity index (χ1) is 12.3. The fraction of sp³-hybridized carbons (Fsp3) is 0.211. The van der Waals surface area contributed by atoms with E-state index in [0.29, 0.717) is 11.8 Å². The highest BCUT2D eigenvalue weighted by Crippen LogP contribution is 2.19. The average Bonchev–Trinajstić information content (AvgIpc) is 2.67. The van der Waals surface area contributed by atoms with E-state index in [9.17, 15) is 0 Å². The van der Waals surface area contributed by atoms with E-state index in [4.69, 9.17) is 4.74 Å². The highest BCUT2D eigenvalue weighted by Gasteiger charge is 2.02. The van der Waals surface area contributed by atoms with Gasteiger partial charge in [-0.15, -0.1) is 5.10 Å². The average molecular weight is 335 g/mol. The molecule has 6 nitrogen and oxygen atoms in total. The van der Waals surface area contributed by atoms with E-state index >= 15 is 0 Å². The summed E-state index contributed by atoms with van der Waals surface area (Å²) >= 11 is 0. The van der Waals surface area contributed by atoms with Crippen molar-refractivity contribution in [2.24, 2.45) is 0 Å². The molecule has 1 heterocycles. The summed E-state index contributed by atoms with van der Waals surface area (Å²) in [6, 6.07) is 18.0. The SMILES string of the molecule is COc1cccc(Nc2nncc(NCCCc3ccccc3)n2)c1. The molecule has 0 aliphatic carbocycles. The van der Waals surface area contributed by atoms with Gasteiger partial charge in [0.1, 0.15) is 5.75 Å². The summed E-state index contributed by atoms with van der Waals surface area (Å²) in [6.45, 7) is 0.826. The van der Waals surface area contributed by atoms with E-state index < -0.39 is 0 Å². The molecule has 128 valence electrons. The van der Waals surface area contributed by atoms with E-state index in [1.807, 2.05) is 30.3 Å². The molecule has 0 aliphatic heterocycles. The lowest BCUT2D eigenvalue weighted by molar-refractivity contribution is 0.415. The molecule has 3 rings (SSSR count). The monoisotopic (exact) mass is 335 g/mol. The number of benzene rings is 2. The van der Waals surface area contributed by atoms with Gasteiger partial charge in [-0.2, -0.15) is 10.1 Å². The Hall–Kier alpha value is -3.15. The molecule has 3 aromatic rings. The normalized spacial score (nSPS) is 10.3. The van der Waals surface area contributed by atoms with Gasteiger partial charge in [0.15, 0.2) is 5.82 Å². The van der Waals surface area contributed by atoms with Gasteiger partial charge in [0.2, 0.25) is 5.95 Å². The lowest BCUT2D eigenvalue weighted by Gasteiger charge is -2.08. The van der Waals surface area contributed by atoms with Crippen molar-refractivity contribution in [2.45, 2.75) is 12.8 Å². The van der Waals surface area contributed by atoms with Gasteiger partial charge < -0.3 is 15.4 Å². The predicted octanol–water partition coefficient (Wildman–Crippen LogP) is 3.67. The molecular formula is C19H21N5O. The molecule has 0 atom stereocenters. The van der Waals surface area contributed by atoms with E-state index in [1.54, 1.807) is 13.3 Å². The van der Waals surface area contributed by atoms with Crippen molar-refractivity contribution in [3.63, 3.8) is 0 Å². The highest BCUT2D eigenvalue weighted by molar-refractivity contribution is 5.56. The summed E-state index contributed by atoms with van der Waals surface area (Å²) in [5.41, 5.74) is 2.19. The van der Waals surface area contributed by atoms with Crippen molar-refractivity contribution in [2.75, 3.05) is 24.3 Å². The molecule has 0 saturated heterocycles. The number of rotatable bonds is 8. The molecule has 0 fully saturated rings. The Morgan fingerprint density at radius 1 is 1.04 bits per heavy atom. The van der Waals surface area contributed by atoms with Gasteiger partial charge in [-0.3, -0.25) is 0 Å². The quantitative estimate of drug-likeness (QED) is 0.612. The number of ether oxygens (including phenoxy) is 1. The van der Waals surface area contributed by atoms with Crippen LogP contribution in [0.4, 0.5) is 17.5 Å². The maximum atomic E-state index is 5.21. The fourth-order valence-electron chi connectivity index (χ4n) is 2.43. The summed E-state index contributed by atoms with van der Waals surface area (Å²) in [5, 5.41) is 14.4. The number of aromatic nitrogens is 3. The Kier molecular flexibility index (Phi) is 5.77. The van der Waals surface area contributed by atoms with Crippen LogP contribution in [0, 0.1) is 0 Å². The molecule has 0 unspecified atom stereocenters. The largest absolute Gasteiger partial charge is 0.497 e. The van der Waals surface area contributed by atoms with Gasteiger partial charge >= 0.3 is 0 Å². The molecular weight excluding hydrogens is 314 g/mol. The van der Waals surface area contributed by atoms with Crippen molar-refractivity contribution in [3.8, 4) is 5.75 Å². The number of aryl methyl sites for hydroxylation is 1. The zero-order chi connectivity index (χ0) is 17.3. The first-order valence-corrected chi connectivity index (χ1v) is 8.22. The van der Waals surface area contributed by atoms with Gasteiger partial charge in [0.25, 0.3) is 0 Å². The first kappa shape index (κ1) is 16.7. The second kappa shape index (κ2) is 8.63. The molecule has 1 aromatic heterocycles. The molecule has 2 aromatic carbocycles. The minimum atomic E-state index is 0.446. The second-order valence-corrected chi connectivity index (χ2v) is 5.54. The molecule has 0 saturated carbocycles. The minimum Gasteiger partial charge on any atom is -0.497 e. The van der Waals surface area contributed by atoms with Crippen LogP contribution < -0.4 is 15.4 Å². The fourth-order valence-corrected chi connectivity index (χ4v) is 2.43. The van der Waals surface area contributed by atoms with Crippen LogP contribution in [-0.4, -0.2) is 28.8 Å². The van der Waals surface area contributed by atoms with Crippen LogP contribution in [0.1, 0.15) is 12.0 Å². The Balaban J connectivity index is 1.52. The van der Waals surface area contributed by atoms with Crippen LogP contribution >= 0.6 is 0 Å². The van der Waals surface area contributed by atoms with Gasteiger partial charge in [-0.1, -0.05) is 36.4 Å². The Labute approximate surface area is 147 Å². The number of anilines is 3. The lowest BCUT2D eigenvalue weighted by Crippen LogP contribution is -2.07.